The Balaban J connectivity index is 1.32. The van der Waals surface area contributed by atoms with Gasteiger partial charge in [0.1, 0.15) is 0 Å². The van der Waals surface area contributed by atoms with E-state index in [-0.39, 0.29) is 0 Å². The first-order chi connectivity index (χ1) is 25.4. The predicted molar refractivity (Wildman–Crippen MR) is 223 cm³/mol. The van der Waals surface area contributed by atoms with E-state index in [0.717, 1.165) is 39.9 Å². The van der Waals surface area contributed by atoms with Gasteiger partial charge in [0.2, 0.25) is 0 Å². The minimum Gasteiger partial charge on any atom is -0.320 e. The Kier molecular flexibility index (Phi) is 8.76. The third-order valence-electron chi connectivity index (χ3n) is 10.6. The third kappa shape index (κ3) is 6.19. The van der Waals surface area contributed by atoms with E-state index in [4.69, 9.17) is 0 Å². The highest BCUT2D eigenvalue weighted by Gasteiger charge is 2.34. The number of nitrogens with one attached hydrogen (secondary N) is 2. The molecule has 1 unspecified atom stereocenters. The van der Waals surface area contributed by atoms with E-state index in [0.29, 0.717) is 0 Å². The van der Waals surface area contributed by atoms with Gasteiger partial charge in [0, 0.05) is 5.70 Å². The van der Waals surface area contributed by atoms with Crippen LogP contribution in [0.1, 0.15) is 48.1 Å². The van der Waals surface area contributed by atoms with Crippen molar-refractivity contribution in [1.82, 2.24) is 10.9 Å². The summed E-state index contributed by atoms with van der Waals surface area (Å²) in [4.78, 5) is 0. The quantitative estimate of drug-likeness (QED) is 0.142. The lowest BCUT2D eigenvalue weighted by Gasteiger charge is -2.36. The van der Waals surface area contributed by atoms with Crippen molar-refractivity contribution in [3.05, 3.63) is 210 Å². The summed E-state index contributed by atoms with van der Waals surface area (Å²) in [5.74, 6) is 0. The molecule has 0 spiro atoms. The van der Waals surface area contributed by atoms with Gasteiger partial charge in [0.05, 0.1) is 5.54 Å². The molecule has 1 atom stereocenters. The first-order valence-electron chi connectivity index (χ1n) is 18.0. The zero-order valence-corrected chi connectivity index (χ0v) is 29.8. The number of hydrogen-bond donors (Lipinski definition) is 2. The van der Waals surface area contributed by atoms with E-state index >= 15 is 0 Å². The second-order valence-corrected chi connectivity index (χ2v) is 13.9. The van der Waals surface area contributed by atoms with Gasteiger partial charge in [-0.15, -0.1) is 0 Å². The maximum absolute atomic E-state index is 4.52. The lowest BCUT2D eigenvalue weighted by Crippen LogP contribution is -2.48. The van der Waals surface area contributed by atoms with E-state index in [1.165, 1.54) is 54.9 Å². The van der Waals surface area contributed by atoms with Gasteiger partial charge in [-0.2, -0.15) is 0 Å². The summed E-state index contributed by atoms with van der Waals surface area (Å²) in [6, 6.07) is 54.4. The molecule has 0 heterocycles. The Labute approximate surface area is 307 Å². The number of hydrazine groups is 1. The van der Waals surface area contributed by atoms with E-state index in [2.05, 4.69) is 202 Å². The zero-order chi connectivity index (χ0) is 35.7. The zero-order valence-electron chi connectivity index (χ0n) is 29.8. The fourth-order valence-electron chi connectivity index (χ4n) is 7.58. The average Bonchev–Trinajstić information content (AvgIpc) is 3.64. The smallest absolute Gasteiger partial charge is 0.0847 e. The summed E-state index contributed by atoms with van der Waals surface area (Å²) in [6.07, 6.45) is 7.38. The number of fused-ring (bicyclic) bond motifs is 2. The molecule has 1 aliphatic carbocycles. The summed E-state index contributed by atoms with van der Waals surface area (Å²) in [7, 11) is 0. The standard InChI is InChI=1S/C50H42N2/c1-5-36-29-45(38-18-10-7-11-19-38)33-48(49(36)47-22-14-15-34(47)2)50(4,52-51-35(3)41-25-23-39-20-12-13-21-42(39)30-41)46-28-27-40-24-26-43(31-44(40)32-46)37-16-8-6-9-17-37/h5-21,23-33,51-52H,1,3,22H2,2,4H3. The average molecular weight is 671 g/mol. The Morgan fingerprint density at radius 2 is 1.29 bits per heavy atom. The Morgan fingerprint density at radius 3 is 2.00 bits per heavy atom. The normalized spacial score (nSPS) is 13.7. The lowest BCUT2D eigenvalue weighted by molar-refractivity contribution is 0.408. The van der Waals surface area contributed by atoms with Gasteiger partial charge >= 0.3 is 0 Å². The molecule has 0 fully saturated rings. The molecule has 0 saturated heterocycles. The van der Waals surface area contributed by atoms with E-state index in [9.17, 15) is 0 Å². The summed E-state index contributed by atoms with van der Waals surface area (Å²) >= 11 is 0. The third-order valence-corrected chi connectivity index (χ3v) is 10.6. The van der Waals surface area contributed by atoms with E-state index < -0.39 is 5.54 Å². The maximum atomic E-state index is 4.52. The van der Waals surface area contributed by atoms with Crippen LogP contribution in [-0.4, -0.2) is 0 Å². The van der Waals surface area contributed by atoms with Gasteiger partial charge in [0.25, 0.3) is 0 Å². The molecule has 52 heavy (non-hydrogen) atoms. The number of rotatable bonds is 10. The molecule has 0 bridgehead atoms. The van der Waals surface area contributed by atoms with Crippen LogP contribution in [0.15, 0.2) is 183 Å². The van der Waals surface area contributed by atoms with Crippen LogP contribution in [0.2, 0.25) is 0 Å². The van der Waals surface area contributed by atoms with Crippen LogP contribution in [0.5, 0.6) is 0 Å². The Hall–Kier alpha value is -6.22. The molecule has 0 amide bonds. The van der Waals surface area contributed by atoms with Gasteiger partial charge in [-0.1, -0.05) is 153 Å². The molecule has 7 aromatic carbocycles. The number of hydrogen-bond acceptors (Lipinski definition) is 2. The van der Waals surface area contributed by atoms with Gasteiger partial charge in [-0.05, 0) is 133 Å². The Morgan fingerprint density at radius 1 is 0.635 bits per heavy atom. The van der Waals surface area contributed by atoms with Crippen LogP contribution in [-0.2, 0) is 5.54 Å². The van der Waals surface area contributed by atoms with Gasteiger partial charge in [-0.3, -0.25) is 0 Å². The molecule has 0 aliphatic heterocycles. The van der Waals surface area contributed by atoms with Crippen molar-refractivity contribution < 1.29 is 0 Å². The molecule has 2 nitrogen and oxygen atoms in total. The van der Waals surface area contributed by atoms with Crippen molar-refractivity contribution in [1.29, 1.82) is 0 Å². The van der Waals surface area contributed by atoms with Crippen molar-refractivity contribution in [2.75, 3.05) is 0 Å². The summed E-state index contributed by atoms with van der Waals surface area (Å²) in [6.45, 7) is 13.4. The first kappa shape index (κ1) is 33.0. The van der Waals surface area contributed by atoms with Crippen LogP contribution in [0, 0.1) is 0 Å². The fourth-order valence-corrected chi connectivity index (χ4v) is 7.58. The topological polar surface area (TPSA) is 24.1 Å². The summed E-state index contributed by atoms with van der Waals surface area (Å²) in [5.41, 5.74) is 20.5. The minimum absolute atomic E-state index is 0.718. The van der Waals surface area contributed by atoms with E-state index in [1.807, 2.05) is 6.08 Å². The lowest BCUT2D eigenvalue weighted by atomic mass is 9.76. The predicted octanol–water partition coefficient (Wildman–Crippen LogP) is 12.7. The highest BCUT2D eigenvalue weighted by molar-refractivity contribution is 5.90. The highest BCUT2D eigenvalue weighted by atomic mass is 15.4. The van der Waals surface area contributed by atoms with Crippen molar-refractivity contribution >= 4 is 38.9 Å². The van der Waals surface area contributed by atoms with Crippen LogP contribution in [0.25, 0.3) is 61.1 Å². The molecule has 7 aromatic rings. The largest absolute Gasteiger partial charge is 0.320 e. The molecular weight excluding hydrogens is 629 g/mol. The molecule has 0 aromatic heterocycles. The van der Waals surface area contributed by atoms with Crippen molar-refractivity contribution in [3.63, 3.8) is 0 Å². The van der Waals surface area contributed by atoms with E-state index in [1.54, 1.807) is 0 Å². The monoisotopic (exact) mass is 670 g/mol. The molecule has 8 rings (SSSR count). The Bertz CT molecular complexity index is 2540. The second-order valence-electron chi connectivity index (χ2n) is 13.9. The molecule has 2 heteroatoms. The maximum Gasteiger partial charge on any atom is 0.0847 e. The van der Waals surface area contributed by atoms with Crippen LogP contribution >= 0.6 is 0 Å². The molecule has 252 valence electrons. The molecule has 2 N–H and O–H groups in total. The summed E-state index contributed by atoms with van der Waals surface area (Å²) in [5, 5.41) is 4.76. The highest BCUT2D eigenvalue weighted by Crippen LogP contribution is 2.43. The number of allylic oxidation sites excluding steroid dienone is 4. The first-order valence-corrected chi connectivity index (χ1v) is 18.0. The number of benzene rings is 7. The molecular formula is C50H42N2. The van der Waals surface area contributed by atoms with Gasteiger partial charge < -0.3 is 5.43 Å². The van der Waals surface area contributed by atoms with Gasteiger partial charge in [0.15, 0.2) is 0 Å². The SMILES string of the molecule is C=Cc1cc(-c2ccccc2)cc(C(C)(NNC(=C)c2ccc3ccccc3c2)c2ccc3ccc(-c4ccccc4)cc3c2)c1C1=C(C)C=CC1. The molecule has 1 aliphatic rings. The molecule has 0 saturated carbocycles. The van der Waals surface area contributed by atoms with Crippen molar-refractivity contribution in [2.24, 2.45) is 0 Å². The minimum atomic E-state index is -0.718. The van der Waals surface area contributed by atoms with Gasteiger partial charge in [-0.25, -0.2) is 5.43 Å². The summed E-state index contributed by atoms with van der Waals surface area (Å²) < 4.78 is 0. The second kappa shape index (κ2) is 13.8. The van der Waals surface area contributed by atoms with Crippen molar-refractivity contribution in [2.45, 2.75) is 25.8 Å². The van der Waals surface area contributed by atoms with Crippen molar-refractivity contribution in [3.8, 4) is 22.3 Å². The van der Waals surface area contributed by atoms with Crippen LogP contribution in [0.3, 0.4) is 0 Å². The van der Waals surface area contributed by atoms with Crippen LogP contribution < -0.4 is 10.9 Å². The van der Waals surface area contributed by atoms with Crippen LogP contribution in [0.4, 0.5) is 0 Å². The molecule has 0 radical (unpaired) electrons. The fraction of sp³-hybridized carbons (Fsp3) is 0.0800.